The quantitative estimate of drug-likeness (QED) is 0.818. The molecular weight excluding hydrogens is 297 g/mol. The highest BCUT2D eigenvalue weighted by atomic mass is 19.4. The summed E-state index contributed by atoms with van der Waals surface area (Å²) in [6, 6.07) is 7.36. The van der Waals surface area contributed by atoms with E-state index in [4.69, 9.17) is 4.74 Å². The number of hydrogen-bond acceptors (Lipinski definition) is 3. The van der Waals surface area contributed by atoms with Gasteiger partial charge in [-0.1, -0.05) is 18.2 Å². The lowest BCUT2D eigenvalue weighted by molar-refractivity contribution is -0.143. The van der Waals surface area contributed by atoms with Gasteiger partial charge in [0.1, 0.15) is 18.3 Å². The second-order valence-electron chi connectivity index (χ2n) is 5.40. The Morgan fingerprint density at radius 2 is 2.14 bits per heavy atom. The number of ether oxygens (including phenoxy) is 1. The number of para-hydroxylation sites is 1. The molecule has 1 aromatic rings. The zero-order valence-corrected chi connectivity index (χ0v) is 12.3. The van der Waals surface area contributed by atoms with Gasteiger partial charge in [-0.25, -0.2) is 0 Å². The smallest absolute Gasteiger partial charge is 0.401 e. The van der Waals surface area contributed by atoms with Crippen molar-refractivity contribution in [2.45, 2.75) is 18.5 Å². The van der Waals surface area contributed by atoms with Crippen LogP contribution in [-0.4, -0.2) is 50.3 Å². The third kappa shape index (κ3) is 4.62. The van der Waals surface area contributed by atoms with Gasteiger partial charge in [-0.15, -0.1) is 0 Å². The zero-order valence-electron chi connectivity index (χ0n) is 12.3. The molecule has 7 heteroatoms. The highest BCUT2D eigenvalue weighted by molar-refractivity contribution is 5.85. The van der Waals surface area contributed by atoms with Crippen LogP contribution in [0.3, 0.4) is 0 Å². The number of benzene rings is 1. The van der Waals surface area contributed by atoms with Crippen LogP contribution in [0.5, 0.6) is 5.75 Å². The van der Waals surface area contributed by atoms with Gasteiger partial charge in [0.25, 0.3) is 0 Å². The molecule has 2 rings (SSSR count). The molecule has 1 heterocycles. The van der Waals surface area contributed by atoms with Gasteiger partial charge in [0.05, 0.1) is 6.54 Å². The molecule has 1 amide bonds. The highest BCUT2D eigenvalue weighted by Gasteiger charge is 2.30. The summed E-state index contributed by atoms with van der Waals surface area (Å²) in [7, 11) is 1.41. The summed E-state index contributed by atoms with van der Waals surface area (Å²) in [6.07, 6.45) is -3.73. The van der Waals surface area contributed by atoms with Gasteiger partial charge in [0, 0.05) is 12.1 Å². The third-order valence-electron chi connectivity index (χ3n) is 3.48. The summed E-state index contributed by atoms with van der Waals surface area (Å²) < 4.78 is 41.9. The Kier molecular flexibility index (Phi) is 5.28. The van der Waals surface area contributed by atoms with Gasteiger partial charge in [-0.2, -0.15) is 13.2 Å². The van der Waals surface area contributed by atoms with E-state index in [9.17, 15) is 18.0 Å². The fourth-order valence-corrected chi connectivity index (χ4v) is 2.45. The summed E-state index contributed by atoms with van der Waals surface area (Å²) >= 11 is 0. The predicted octanol–water partition coefficient (Wildman–Crippen LogP) is 2.16. The van der Waals surface area contributed by atoms with Crippen molar-refractivity contribution in [1.29, 1.82) is 0 Å². The van der Waals surface area contributed by atoms with Gasteiger partial charge in [0.15, 0.2) is 0 Å². The summed E-state index contributed by atoms with van der Waals surface area (Å²) in [5.41, 5.74) is 0.856. The van der Waals surface area contributed by atoms with Crippen molar-refractivity contribution in [3.63, 3.8) is 0 Å². The van der Waals surface area contributed by atoms with Gasteiger partial charge in [-0.05, 0) is 26.1 Å². The number of carbonyl (C=O) groups excluding carboxylic acids is 1. The van der Waals surface area contributed by atoms with Crippen molar-refractivity contribution >= 4 is 5.91 Å². The monoisotopic (exact) mass is 316 g/mol. The number of nitrogens with zero attached hydrogens (tertiary/aromatic N) is 1. The molecule has 0 unspecified atom stereocenters. The van der Waals surface area contributed by atoms with Crippen LogP contribution in [0.15, 0.2) is 24.3 Å². The maximum Gasteiger partial charge on any atom is 0.401 e. The number of amides is 1. The molecule has 1 aromatic carbocycles. The number of rotatable bonds is 6. The molecular formula is C15H19F3N2O2. The van der Waals surface area contributed by atoms with Crippen LogP contribution < -0.4 is 10.1 Å². The van der Waals surface area contributed by atoms with E-state index in [1.54, 1.807) is 0 Å². The fraction of sp³-hybridized carbons (Fsp3) is 0.533. The second kappa shape index (κ2) is 7.00. The summed E-state index contributed by atoms with van der Waals surface area (Å²) in [5, 5.41) is 2.76. The Balaban J connectivity index is 1.71. The van der Waals surface area contributed by atoms with Gasteiger partial charge < -0.3 is 10.1 Å². The van der Waals surface area contributed by atoms with E-state index in [0.717, 1.165) is 5.56 Å². The maximum absolute atomic E-state index is 12.2. The number of fused-ring (bicyclic) bond motifs is 1. The Bertz CT molecular complexity index is 520. The van der Waals surface area contributed by atoms with E-state index in [2.05, 4.69) is 5.32 Å². The van der Waals surface area contributed by atoms with E-state index < -0.39 is 12.7 Å². The van der Waals surface area contributed by atoms with Gasteiger partial charge >= 0.3 is 6.18 Å². The third-order valence-corrected chi connectivity index (χ3v) is 3.48. The average Bonchev–Trinajstić information content (AvgIpc) is 2.85. The SMILES string of the molecule is CN(CCCNC(=O)[C@@H]1COc2ccccc21)CC(F)(F)F. The van der Waals surface area contributed by atoms with Crippen molar-refractivity contribution in [2.75, 3.05) is 33.3 Å². The molecule has 22 heavy (non-hydrogen) atoms. The lowest BCUT2D eigenvalue weighted by atomic mass is 10.0. The predicted molar refractivity (Wildman–Crippen MR) is 75.9 cm³/mol. The maximum atomic E-state index is 12.2. The zero-order chi connectivity index (χ0) is 16.2. The van der Waals surface area contributed by atoms with Crippen LogP contribution in [0.1, 0.15) is 17.9 Å². The molecule has 0 aliphatic carbocycles. The molecule has 1 atom stereocenters. The Hall–Kier alpha value is -1.76. The molecule has 1 N–H and O–H groups in total. The molecule has 1 aliphatic heterocycles. The van der Waals surface area contributed by atoms with Crippen LogP contribution in [0.4, 0.5) is 13.2 Å². The molecule has 0 spiro atoms. The van der Waals surface area contributed by atoms with Crippen molar-refractivity contribution in [3.8, 4) is 5.75 Å². The normalized spacial score (nSPS) is 17.2. The van der Waals surface area contributed by atoms with Gasteiger partial charge in [-0.3, -0.25) is 9.69 Å². The molecule has 4 nitrogen and oxygen atoms in total. The minimum Gasteiger partial charge on any atom is -0.492 e. The van der Waals surface area contributed by atoms with Crippen molar-refractivity contribution in [2.24, 2.45) is 0 Å². The Morgan fingerprint density at radius 3 is 2.86 bits per heavy atom. The molecule has 0 saturated heterocycles. The molecule has 0 aromatic heterocycles. The minimum absolute atomic E-state index is 0.150. The first-order valence-electron chi connectivity index (χ1n) is 7.11. The summed E-state index contributed by atoms with van der Waals surface area (Å²) in [6.45, 7) is -0.0127. The molecule has 1 aliphatic rings. The van der Waals surface area contributed by atoms with Crippen LogP contribution in [0.2, 0.25) is 0 Å². The van der Waals surface area contributed by atoms with E-state index in [-0.39, 0.29) is 18.4 Å². The molecule has 0 bridgehead atoms. The van der Waals surface area contributed by atoms with E-state index in [1.165, 1.54) is 11.9 Å². The molecule has 0 radical (unpaired) electrons. The number of carbonyl (C=O) groups is 1. The van der Waals surface area contributed by atoms with E-state index >= 15 is 0 Å². The second-order valence-corrected chi connectivity index (χ2v) is 5.40. The first kappa shape index (κ1) is 16.6. The van der Waals surface area contributed by atoms with Crippen LogP contribution in [-0.2, 0) is 4.79 Å². The first-order chi connectivity index (χ1) is 10.4. The Labute approximate surface area is 127 Å². The number of alkyl halides is 3. The van der Waals surface area contributed by atoms with Crippen LogP contribution in [0, 0.1) is 0 Å². The highest BCUT2D eigenvalue weighted by Crippen LogP contribution is 2.33. The summed E-state index contributed by atoms with van der Waals surface area (Å²) in [4.78, 5) is 13.3. The number of halogens is 3. The van der Waals surface area contributed by atoms with Crippen LogP contribution in [0.25, 0.3) is 0 Å². The van der Waals surface area contributed by atoms with E-state index in [1.807, 2.05) is 24.3 Å². The molecule has 0 saturated carbocycles. The van der Waals surface area contributed by atoms with Crippen molar-refractivity contribution < 1.29 is 22.7 Å². The molecule has 122 valence electrons. The largest absolute Gasteiger partial charge is 0.492 e. The van der Waals surface area contributed by atoms with Crippen molar-refractivity contribution in [3.05, 3.63) is 29.8 Å². The van der Waals surface area contributed by atoms with Crippen molar-refractivity contribution in [1.82, 2.24) is 10.2 Å². The van der Waals surface area contributed by atoms with Crippen LogP contribution >= 0.6 is 0 Å². The minimum atomic E-state index is -4.19. The summed E-state index contributed by atoms with van der Waals surface area (Å²) in [5.74, 6) is 0.222. The average molecular weight is 316 g/mol. The number of nitrogens with one attached hydrogen (secondary N) is 1. The standard InChI is InChI=1S/C15H19F3N2O2/c1-20(10-15(16,17)18)8-4-7-19-14(21)12-9-22-13-6-3-2-5-11(12)13/h2-3,5-6,12H,4,7-10H2,1H3,(H,19,21)/t12-/m1/s1. The Morgan fingerprint density at radius 1 is 1.41 bits per heavy atom. The lowest BCUT2D eigenvalue weighted by Gasteiger charge is -2.18. The molecule has 0 fully saturated rings. The number of hydrogen-bond donors (Lipinski definition) is 1. The van der Waals surface area contributed by atoms with Gasteiger partial charge in [0.2, 0.25) is 5.91 Å². The van der Waals surface area contributed by atoms with E-state index in [0.29, 0.717) is 25.3 Å². The topological polar surface area (TPSA) is 41.6 Å². The fourth-order valence-electron chi connectivity index (χ4n) is 2.45. The first-order valence-corrected chi connectivity index (χ1v) is 7.11. The lowest BCUT2D eigenvalue weighted by Crippen LogP contribution is -2.35.